The van der Waals surface area contributed by atoms with Crippen molar-refractivity contribution in [2.75, 3.05) is 30.6 Å². The van der Waals surface area contributed by atoms with Crippen LogP contribution in [0.2, 0.25) is 0 Å². The van der Waals surface area contributed by atoms with Crippen molar-refractivity contribution in [2.24, 2.45) is 4.99 Å². The van der Waals surface area contributed by atoms with Crippen LogP contribution in [-0.2, 0) is 0 Å². The standard InChI is InChI=1S/C28H26N4O2/c1-33-22-14-6-18(7-15-22)26-27(19-8-16-23(34-2)17-9-19)32-28-24(4-3-5-25(28)31-26)30-21-12-10-20(29)11-13-21/h3-17,26,30-31H,29H2,1-2H3. The van der Waals surface area contributed by atoms with E-state index in [0.29, 0.717) is 0 Å². The molecule has 1 aliphatic heterocycles. The minimum Gasteiger partial charge on any atom is -0.497 e. The third kappa shape index (κ3) is 4.26. The fourth-order valence-electron chi connectivity index (χ4n) is 4.04. The minimum absolute atomic E-state index is 0.126. The van der Waals surface area contributed by atoms with Gasteiger partial charge in [-0.15, -0.1) is 0 Å². The first-order valence-electron chi connectivity index (χ1n) is 11.0. The first-order chi connectivity index (χ1) is 16.6. The Morgan fingerprint density at radius 3 is 2.09 bits per heavy atom. The molecule has 0 radical (unpaired) electrons. The summed E-state index contributed by atoms with van der Waals surface area (Å²) in [6.07, 6.45) is 0. The number of nitrogens with one attached hydrogen (secondary N) is 2. The van der Waals surface area contributed by atoms with Crippen LogP contribution < -0.4 is 25.8 Å². The predicted molar refractivity (Wildman–Crippen MR) is 139 cm³/mol. The van der Waals surface area contributed by atoms with Crippen LogP contribution in [0.15, 0.2) is 96.0 Å². The lowest BCUT2D eigenvalue weighted by Gasteiger charge is -2.29. The van der Waals surface area contributed by atoms with Crippen LogP contribution in [0.25, 0.3) is 0 Å². The van der Waals surface area contributed by atoms with Crippen molar-refractivity contribution in [1.29, 1.82) is 0 Å². The molecule has 0 saturated carbocycles. The molecule has 0 bridgehead atoms. The Morgan fingerprint density at radius 1 is 0.794 bits per heavy atom. The summed E-state index contributed by atoms with van der Waals surface area (Å²) in [5.74, 6) is 1.62. The molecule has 1 atom stereocenters. The topological polar surface area (TPSA) is 80.9 Å². The SMILES string of the molecule is COc1ccc(C2=Nc3c(Nc4ccc(N)cc4)cccc3NC2c2ccc(OC)cc2)cc1. The van der Waals surface area contributed by atoms with Crippen LogP contribution in [0.5, 0.6) is 11.5 Å². The number of rotatable bonds is 6. The van der Waals surface area contributed by atoms with Gasteiger partial charge in [0, 0.05) is 11.4 Å². The molecule has 1 aliphatic rings. The summed E-state index contributed by atoms with van der Waals surface area (Å²) < 4.78 is 10.7. The molecule has 5 rings (SSSR count). The minimum atomic E-state index is -0.126. The van der Waals surface area contributed by atoms with Gasteiger partial charge < -0.3 is 25.8 Å². The van der Waals surface area contributed by atoms with E-state index in [1.165, 1.54) is 0 Å². The van der Waals surface area contributed by atoms with E-state index in [1.54, 1.807) is 14.2 Å². The van der Waals surface area contributed by atoms with E-state index in [9.17, 15) is 0 Å². The monoisotopic (exact) mass is 450 g/mol. The largest absolute Gasteiger partial charge is 0.497 e. The van der Waals surface area contributed by atoms with Gasteiger partial charge in [0.25, 0.3) is 0 Å². The molecule has 1 heterocycles. The quantitative estimate of drug-likeness (QED) is 0.300. The van der Waals surface area contributed by atoms with Crippen molar-refractivity contribution in [3.63, 3.8) is 0 Å². The maximum Gasteiger partial charge on any atom is 0.118 e. The molecular formula is C28H26N4O2. The molecule has 6 nitrogen and oxygen atoms in total. The number of hydrogen-bond acceptors (Lipinski definition) is 6. The maximum atomic E-state index is 5.85. The Bertz CT molecular complexity index is 1310. The van der Waals surface area contributed by atoms with Crippen LogP contribution in [0.1, 0.15) is 17.2 Å². The van der Waals surface area contributed by atoms with Crippen molar-refractivity contribution in [3.05, 3.63) is 102 Å². The van der Waals surface area contributed by atoms with Gasteiger partial charge in [0.15, 0.2) is 0 Å². The van der Waals surface area contributed by atoms with Gasteiger partial charge in [0.05, 0.1) is 37.3 Å². The molecule has 34 heavy (non-hydrogen) atoms. The summed E-state index contributed by atoms with van der Waals surface area (Å²) in [6, 6.07) is 29.7. The second-order valence-corrected chi connectivity index (χ2v) is 8.02. The van der Waals surface area contributed by atoms with Gasteiger partial charge in [0.1, 0.15) is 17.2 Å². The van der Waals surface area contributed by atoms with Crippen LogP contribution in [0, 0.1) is 0 Å². The number of nitrogens with two attached hydrogens (primary N) is 1. The lowest BCUT2D eigenvalue weighted by Crippen LogP contribution is -2.25. The average Bonchev–Trinajstić information content (AvgIpc) is 2.89. The van der Waals surface area contributed by atoms with Gasteiger partial charge >= 0.3 is 0 Å². The molecule has 1 unspecified atom stereocenters. The van der Waals surface area contributed by atoms with Gasteiger partial charge in [-0.05, 0) is 83.9 Å². The Balaban J connectivity index is 1.59. The van der Waals surface area contributed by atoms with Gasteiger partial charge in [-0.1, -0.05) is 18.2 Å². The number of aliphatic imine (C=N–C) groups is 1. The maximum absolute atomic E-state index is 5.85. The number of nitrogen functional groups attached to an aromatic ring is 1. The smallest absolute Gasteiger partial charge is 0.118 e. The Morgan fingerprint density at radius 2 is 1.44 bits per heavy atom. The molecule has 6 heteroatoms. The molecule has 0 fully saturated rings. The Kier molecular flexibility index (Phi) is 5.79. The molecule has 4 aromatic carbocycles. The number of benzene rings is 4. The number of hydrogen-bond donors (Lipinski definition) is 3. The second kappa shape index (κ2) is 9.19. The van der Waals surface area contributed by atoms with Crippen LogP contribution in [0.4, 0.5) is 28.4 Å². The number of anilines is 4. The van der Waals surface area contributed by atoms with Crippen LogP contribution in [-0.4, -0.2) is 19.9 Å². The molecule has 0 spiro atoms. The Labute approximate surface area is 199 Å². The summed E-state index contributed by atoms with van der Waals surface area (Å²) in [5.41, 5.74) is 13.3. The molecule has 4 N–H and O–H groups in total. The zero-order valence-electron chi connectivity index (χ0n) is 19.1. The van der Waals surface area contributed by atoms with E-state index in [4.69, 9.17) is 20.2 Å². The van der Waals surface area contributed by atoms with Crippen LogP contribution in [0.3, 0.4) is 0 Å². The van der Waals surface area contributed by atoms with Crippen LogP contribution >= 0.6 is 0 Å². The summed E-state index contributed by atoms with van der Waals surface area (Å²) in [5, 5.41) is 7.18. The number of para-hydroxylation sites is 1. The zero-order valence-corrected chi connectivity index (χ0v) is 19.1. The lowest BCUT2D eigenvalue weighted by molar-refractivity contribution is 0.414. The highest BCUT2D eigenvalue weighted by atomic mass is 16.5. The summed E-state index contributed by atoms with van der Waals surface area (Å²) in [6.45, 7) is 0. The number of nitrogens with zero attached hydrogens (tertiary/aromatic N) is 1. The summed E-state index contributed by atoms with van der Waals surface area (Å²) in [4.78, 5) is 5.18. The van der Waals surface area contributed by atoms with Crippen molar-refractivity contribution < 1.29 is 9.47 Å². The third-order valence-electron chi connectivity index (χ3n) is 5.87. The highest BCUT2D eigenvalue weighted by Crippen LogP contribution is 2.42. The molecule has 0 saturated heterocycles. The molecular weight excluding hydrogens is 424 g/mol. The fraction of sp³-hybridized carbons (Fsp3) is 0.107. The van der Waals surface area contributed by atoms with E-state index in [1.807, 2.05) is 78.9 Å². The molecule has 0 aromatic heterocycles. The molecule has 170 valence electrons. The predicted octanol–water partition coefficient (Wildman–Crippen LogP) is 6.32. The van der Waals surface area contributed by atoms with E-state index in [2.05, 4.69) is 22.8 Å². The highest BCUT2D eigenvalue weighted by molar-refractivity contribution is 6.11. The lowest BCUT2D eigenvalue weighted by atomic mass is 9.94. The number of methoxy groups -OCH3 is 2. The molecule has 4 aromatic rings. The fourth-order valence-corrected chi connectivity index (χ4v) is 4.04. The van der Waals surface area contributed by atoms with E-state index in [-0.39, 0.29) is 6.04 Å². The van der Waals surface area contributed by atoms with Gasteiger partial charge in [-0.25, -0.2) is 4.99 Å². The van der Waals surface area contributed by atoms with Crippen molar-refractivity contribution in [1.82, 2.24) is 0 Å². The second-order valence-electron chi connectivity index (χ2n) is 8.02. The summed E-state index contributed by atoms with van der Waals surface area (Å²) >= 11 is 0. The van der Waals surface area contributed by atoms with Gasteiger partial charge in [-0.3, -0.25) is 0 Å². The van der Waals surface area contributed by atoms with Gasteiger partial charge in [0.2, 0.25) is 0 Å². The third-order valence-corrected chi connectivity index (χ3v) is 5.87. The van der Waals surface area contributed by atoms with E-state index >= 15 is 0 Å². The highest BCUT2D eigenvalue weighted by Gasteiger charge is 2.27. The molecule has 0 aliphatic carbocycles. The zero-order chi connectivity index (χ0) is 23.5. The number of ether oxygens (including phenoxy) is 2. The van der Waals surface area contributed by atoms with Crippen molar-refractivity contribution in [2.45, 2.75) is 6.04 Å². The van der Waals surface area contributed by atoms with Gasteiger partial charge in [-0.2, -0.15) is 0 Å². The van der Waals surface area contributed by atoms with E-state index in [0.717, 1.165) is 56.8 Å². The van der Waals surface area contributed by atoms with Crippen molar-refractivity contribution >= 4 is 34.1 Å². The first-order valence-corrected chi connectivity index (χ1v) is 11.0. The normalized spacial score (nSPS) is 14.4. The molecule has 0 amide bonds. The average molecular weight is 451 g/mol. The summed E-state index contributed by atoms with van der Waals surface area (Å²) in [7, 11) is 3.34. The Hall–Kier alpha value is -4.45. The number of fused-ring (bicyclic) bond motifs is 1. The first kappa shape index (κ1) is 21.4. The van der Waals surface area contributed by atoms with Crippen molar-refractivity contribution in [3.8, 4) is 11.5 Å². The van der Waals surface area contributed by atoms with E-state index < -0.39 is 0 Å².